The third-order valence-electron chi connectivity index (χ3n) is 3.83. The fourth-order valence-electron chi connectivity index (χ4n) is 2.54. The molecule has 10 heteroatoms. The van der Waals surface area contributed by atoms with Gasteiger partial charge in [-0.25, -0.2) is 17.2 Å². The first-order chi connectivity index (χ1) is 12.8. The average molecular weight is 398 g/mol. The quantitative estimate of drug-likeness (QED) is 0.803. The van der Waals surface area contributed by atoms with Gasteiger partial charge in [-0.1, -0.05) is 0 Å². The van der Waals surface area contributed by atoms with Gasteiger partial charge in [-0.15, -0.1) is 0 Å². The highest BCUT2D eigenvalue weighted by Crippen LogP contribution is 2.35. The molecule has 1 N–H and O–H groups in total. The Morgan fingerprint density at radius 2 is 1.85 bits per heavy atom. The molecule has 2 aromatic carbocycles. The van der Waals surface area contributed by atoms with Crippen molar-refractivity contribution in [2.24, 2.45) is 0 Å². The number of anilines is 1. The minimum absolute atomic E-state index is 0.0423. The van der Waals surface area contributed by atoms with Crippen molar-refractivity contribution in [3.8, 4) is 11.5 Å². The molecule has 1 amide bonds. The number of sulfonamides is 1. The first-order valence-electron chi connectivity index (χ1n) is 7.86. The van der Waals surface area contributed by atoms with Crippen molar-refractivity contribution in [1.82, 2.24) is 5.32 Å². The van der Waals surface area contributed by atoms with Crippen molar-refractivity contribution in [3.63, 3.8) is 0 Å². The number of halogens is 2. The first-order valence-corrected chi connectivity index (χ1v) is 9.71. The summed E-state index contributed by atoms with van der Waals surface area (Å²) in [5.74, 6) is -1.91. The van der Waals surface area contributed by atoms with Crippen LogP contribution in [0.3, 0.4) is 0 Å². The van der Waals surface area contributed by atoms with E-state index in [0.717, 1.165) is 28.8 Å². The number of nitrogens with one attached hydrogen (secondary N) is 1. The summed E-state index contributed by atoms with van der Waals surface area (Å²) in [6, 6.07) is 7.44. The average Bonchev–Trinajstić information content (AvgIpc) is 3.07. The van der Waals surface area contributed by atoms with E-state index in [1.807, 2.05) is 0 Å². The number of benzene rings is 2. The number of amides is 1. The van der Waals surface area contributed by atoms with E-state index in [1.165, 1.54) is 6.07 Å². The Morgan fingerprint density at radius 1 is 1.11 bits per heavy atom. The Labute approximate surface area is 154 Å². The largest absolute Gasteiger partial charge is 0.454 e. The van der Waals surface area contributed by atoms with Crippen LogP contribution in [0.15, 0.2) is 36.4 Å². The molecular formula is C17H16F2N2O5S. The molecule has 0 saturated carbocycles. The zero-order chi connectivity index (χ0) is 19.6. The molecule has 0 bridgehead atoms. The van der Waals surface area contributed by atoms with Crippen molar-refractivity contribution in [1.29, 1.82) is 0 Å². The Bertz CT molecular complexity index is 981. The maximum atomic E-state index is 13.2. The molecule has 0 aliphatic carbocycles. The number of carbonyl (C=O) groups is 1. The van der Waals surface area contributed by atoms with Crippen LogP contribution in [0, 0.1) is 11.6 Å². The van der Waals surface area contributed by atoms with Gasteiger partial charge in [0.05, 0.1) is 18.5 Å². The number of ether oxygens (including phenoxy) is 2. The van der Waals surface area contributed by atoms with Gasteiger partial charge in [0.2, 0.25) is 16.8 Å². The molecule has 0 atom stereocenters. The maximum absolute atomic E-state index is 13.2. The van der Waals surface area contributed by atoms with Gasteiger partial charge in [0.1, 0.15) is 0 Å². The summed E-state index contributed by atoms with van der Waals surface area (Å²) in [7, 11) is -3.63. The second-order valence-electron chi connectivity index (χ2n) is 5.76. The molecule has 0 fully saturated rings. The highest BCUT2D eigenvalue weighted by atomic mass is 32.2. The molecule has 144 valence electrons. The Morgan fingerprint density at radius 3 is 2.56 bits per heavy atom. The van der Waals surface area contributed by atoms with Gasteiger partial charge in [0, 0.05) is 18.2 Å². The van der Waals surface area contributed by atoms with E-state index < -0.39 is 27.6 Å². The van der Waals surface area contributed by atoms with Crippen molar-refractivity contribution in [2.45, 2.75) is 0 Å². The molecule has 0 aromatic heterocycles. The molecule has 0 spiro atoms. The van der Waals surface area contributed by atoms with Crippen LogP contribution in [0.5, 0.6) is 11.5 Å². The van der Waals surface area contributed by atoms with Gasteiger partial charge in [-0.2, -0.15) is 0 Å². The molecule has 0 radical (unpaired) electrons. The zero-order valence-corrected chi connectivity index (χ0v) is 15.1. The normalized spacial score (nSPS) is 12.7. The number of fused-ring (bicyclic) bond motifs is 1. The topological polar surface area (TPSA) is 84.9 Å². The van der Waals surface area contributed by atoms with Gasteiger partial charge in [0.15, 0.2) is 23.1 Å². The van der Waals surface area contributed by atoms with Crippen LogP contribution < -0.4 is 19.1 Å². The van der Waals surface area contributed by atoms with Crippen molar-refractivity contribution < 1.29 is 31.5 Å². The second-order valence-corrected chi connectivity index (χ2v) is 7.66. The van der Waals surface area contributed by atoms with Crippen molar-refractivity contribution in [3.05, 3.63) is 53.6 Å². The highest BCUT2D eigenvalue weighted by molar-refractivity contribution is 7.92. The van der Waals surface area contributed by atoms with Crippen LogP contribution in [0.4, 0.5) is 14.5 Å². The summed E-state index contributed by atoms with van der Waals surface area (Å²) in [6.45, 7) is -0.0464. The standard InChI is InChI=1S/C17H16F2N2O5S/c1-27(23,24)21(12-3-5-15-16(9-12)26-10-25-15)7-6-20-17(22)11-2-4-13(18)14(19)8-11/h2-5,8-9H,6-7,10H2,1H3,(H,20,22). The molecule has 1 aliphatic heterocycles. The summed E-state index contributed by atoms with van der Waals surface area (Å²) in [5, 5.41) is 2.48. The summed E-state index contributed by atoms with van der Waals surface area (Å²) >= 11 is 0. The third-order valence-corrected chi connectivity index (χ3v) is 5.02. The molecule has 1 heterocycles. The second kappa shape index (κ2) is 7.39. The van der Waals surface area contributed by atoms with Gasteiger partial charge in [-0.3, -0.25) is 9.10 Å². The van der Waals surface area contributed by atoms with E-state index in [2.05, 4.69) is 5.32 Å². The number of hydrogen-bond acceptors (Lipinski definition) is 5. The molecule has 1 aliphatic rings. The van der Waals surface area contributed by atoms with Crippen molar-refractivity contribution >= 4 is 21.6 Å². The van der Waals surface area contributed by atoms with Crippen LogP contribution in [0.2, 0.25) is 0 Å². The minimum Gasteiger partial charge on any atom is -0.454 e. The fourth-order valence-corrected chi connectivity index (χ4v) is 3.46. The van der Waals surface area contributed by atoms with E-state index in [1.54, 1.807) is 12.1 Å². The predicted octanol–water partition coefficient (Wildman–Crippen LogP) is 1.89. The molecular weight excluding hydrogens is 382 g/mol. The maximum Gasteiger partial charge on any atom is 0.251 e. The molecule has 3 rings (SSSR count). The Hall–Kier alpha value is -2.88. The van der Waals surface area contributed by atoms with Crippen LogP contribution in [0.1, 0.15) is 10.4 Å². The lowest BCUT2D eigenvalue weighted by Crippen LogP contribution is -2.38. The van der Waals surface area contributed by atoms with Gasteiger partial charge in [-0.05, 0) is 30.3 Å². The number of carbonyl (C=O) groups excluding carboxylic acids is 1. The molecule has 7 nitrogen and oxygen atoms in total. The van der Waals surface area contributed by atoms with Crippen LogP contribution in [-0.2, 0) is 10.0 Å². The molecule has 0 saturated heterocycles. The van der Waals surface area contributed by atoms with Crippen LogP contribution in [0.25, 0.3) is 0 Å². The summed E-state index contributed by atoms with van der Waals surface area (Å²) in [4.78, 5) is 12.0. The van der Waals surface area contributed by atoms with Gasteiger partial charge < -0.3 is 14.8 Å². The number of rotatable bonds is 6. The summed E-state index contributed by atoms with van der Waals surface area (Å²) in [5.41, 5.74) is 0.284. The third kappa shape index (κ3) is 4.27. The van der Waals surface area contributed by atoms with Crippen LogP contribution >= 0.6 is 0 Å². The van der Waals surface area contributed by atoms with E-state index in [9.17, 15) is 22.0 Å². The predicted molar refractivity (Wildman–Crippen MR) is 93.4 cm³/mol. The number of nitrogens with zero attached hydrogens (tertiary/aromatic N) is 1. The smallest absolute Gasteiger partial charge is 0.251 e. The molecule has 27 heavy (non-hydrogen) atoms. The first kappa shape index (κ1) is 18.9. The van der Waals surface area contributed by atoms with E-state index >= 15 is 0 Å². The minimum atomic E-state index is -3.63. The molecule has 0 unspecified atom stereocenters. The SMILES string of the molecule is CS(=O)(=O)N(CCNC(=O)c1ccc(F)c(F)c1)c1ccc2c(c1)OCO2. The highest BCUT2D eigenvalue weighted by Gasteiger charge is 2.21. The molecule has 2 aromatic rings. The summed E-state index contributed by atoms with van der Waals surface area (Å²) in [6.07, 6.45) is 1.04. The lowest BCUT2D eigenvalue weighted by molar-refractivity contribution is 0.0954. The van der Waals surface area contributed by atoms with E-state index in [4.69, 9.17) is 9.47 Å². The van der Waals surface area contributed by atoms with E-state index in [0.29, 0.717) is 17.2 Å². The lowest BCUT2D eigenvalue weighted by atomic mass is 10.2. The Balaban J connectivity index is 1.69. The monoisotopic (exact) mass is 398 g/mol. The fraction of sp³-hybridized carbons (Fsp3) is 0.235. The Kier molecular flexibility index (Phi) is 5.17. The van der Waals surface area contributed by atoms with Gasteiger partial charge >= 0.3 is 0 Å². The van der Waals surface area contributed by atoms with Crippen LogP contribution in [-0.4, -0.2) is 40.5 Å². The summed E-state index contributed by atoms with van der Waals surface area (Å²) < 4.78 is 61.9. The lowest BCUT2D eigenvalue weighted by Gasteiger charge is -2.22. The van der Waals surface area contributed by atoms with E-state index in [-0.39, 0.29) is 25.4 Å². The van der Waals surface area contributed by atoms with Crippen molar-refractivity contribution in [2.75, 3.05) is 30.4 Å². The number of hydrogen-bond donors (Lipinski definition) is 1. The zero-order valence-electron chi connectivity index (χ0n) is 14.2. The van der Waals surface area contributed by atoms with Gasteiger partial charge in [0.25, 0.3) is 5.91 Å².